The molecule has 1 aromatic carbocycles. The number of nitrogens with two attached hydrogens (primary N) is 1. The zero-order valence-electron chi connectivity index (χ0n) is 13.6. The molecule has 134 valence electrons. The van der Waals surface area contributed by atoms with Gasteiger partial charge in [-0.3, -0.25) is 9.69 Å². The molecule has 0 bridgehead atoms. The Morgan fingerprint density at radius 1 is 1.46 bits per heavy atom. The summed E-state index contributed by atoms with van der Waals surface area (Å²) in [6.45, 7) is 5.26. The molecule has 1 aliphatic rings. The highest BCUT2D eigenvalue weighted by Crippen LogP contribution is 2.38. The number of carbonyl (C=O) groups excluding carboxylic acids is 1. The Labute approximate surface area is 144 Å². The van der Waals surface area contributed by atoms with Crippen molar-refractivity contribution in [2.45, 2.75) is 32.5 Å². The molecule has 0 spiro atoms. The molecule has 24 heavy (non-hydrogen) atoms. The van der Waals surface area contributed by atoms with Gasteiger partial charge in [-0.25, -0.2) is 0 Å². The van der Waals surface area contributed by atoms with E-state index in [2.05, 4.69) is 5.32 Å². The quantitative estimate of drug-likeness (QED) is 0.865. The Hall–Kier alpha value is -1.31. The molecule has 0 saturated carbocycles. The number of alkyl halides is 3. The first-order chi connectivity index (χ1) is 11.0. The van der Waals surface area contributed by atoms with Crippen molar-refractivity contribution in [1.29, 1.82) is 0 Å². The molecule has 1 heterocycles. The van der Waals surface area contributed by atoms with Gasteiger partial charge in [0, 0.05) is 19.1 Å². The zero-order chi connectivity index (χ0) is 18.1. The van der Waals surface area contributed by atoms with Crippen LogP contribution in [-0.4, -0.2) is 36.5 Å². The predicted molar refractivity (Wildman–Crippen MR) is 87.9 cm³/mol. The normalized spacial score (nSPS) is 21.5. The van der Waals surface area contributed by atoms with Crippen LogP contribution in [0, 0.1) is 5.41 Å². The number of nitrogens with zero attached hydrogens (tertiary/aromatic N) is 1. The SMILES string of the molecule is CC1(C)CN(CC(=O)Nc2c(Cl)cccc2C(F)(F)F)CCC1N. The molecule has 0 aromatic heterocycles. The first-order valence-corrected chi connectivity index (χ1v) is 8.02. The fourth-order valence-electron chi connectivity index (χ4n) is 2.89. The van der Waals surface area contributed by atoms with Gasteiger partial charge in [0.1, 0.15) is 0 Å². The minimum absolute atomic E-state index is 0.00132. The maximum Gasteiger partial charge on any atom is 0.418 e. The molecule has 1 atom stereocenters. The molecule has 2 rings (SSSR count). The lowest BCUT2D eigenvalue weighted by atomic mass is 9.80. The van der Waals surface area contributed by atoms with Gasteiger partial charge in [0.25, 0.3) is 0 Å². The Bertz CT molecular complexity index is 619. The average Bonchev–Trinajstić information content (AvgIpc) is 2.43. The Kier molecular flexibility index (Phi) is 5.47. The first-order valence-electron chi connectivity index (χ1n) is 7.64. The van der Waals surface area contributed by atoms with Crippen molar-refractivity contribution >= 4 is 23.2 Å². The molecule has 1 aliphatic heterocycles. The Morgan fingerprint density at radius 2 is 2.12 bits per heavy atom. The van der Waals surface area contributed by atoms with Crippen molar-refractivity contribution in [3.05, 3.63) is 28.8 Å². The molecule has 3 N–H and O–H groups in total. The summed E-state index contributed by atoms with van der Waals surface area (Å²) >= 11 is 5.84. The molecule has 1 amide bonds. The van der Waals surface area contributed by atoms with E-state index in [1.165, 1.54) is 12.1 Å². The lowest BCUT2D eigenvalue weighted by molar-refractivity contribution is -0.137. The number of amides is 1. The Balaban J connectivity index is 2.09. The number of anilines is 1. The lowest BCUT2D eigenvalue weighted by Crippen LogP contribution is -2.53. The monoisotopic (exact) mass is 363 g/mol. The summed E-state index contributed by atoms with van der Waals surface area (Å²) in [5, 5.41) is 2.17. The summed E-state index contributed by atoms with van der Waals surface area (Å²) in [5.41, 5.74) is 4.54. The third-order valence-electron chi connectivity index (χ3n) is 4.34. The summed E-state index contributed by atoms with van der Waals surface area (Å²) in [6.07, 6.45) is -3.85. The minimum Gasteiger partial charge on any atom is -0.327 e. The van der Waals surface area contributed by atoms with Crippen LogP contribution in [0.1, 0.15) is 25.8 Å². The van der Waals surface area contributed by atoms with Crippen molar-refractivity contribution in [1.82, 2.24) is 4.90 Å². The topological polar surface area (TPSA) is 58.4 Å². The fourth-order valence-corrected chi connectivity index (χ4v) is 3.11. The van der Waals surface area contributed by atoms with Crippen LogP contribution in [-0.2, 0) is 11.0 Å². The van der Waals surface area contributed by atoms with Gasteiger partial charge in [0.05, 0.1) is 22.8 Å². The van der Waals surface area contributed by atoms with E-state index in [1.807, 2.05) is 18.7 Å². The molecule has 4 nitrogen and oxygen atoms in total. The van der Waals surface area contributed by atoms with Crippen LogP contribution in [0.15, 0.2) is 18.2 Å². The standard InChI is InChI=1S/C16H21ClF3N3O/c1-15(2)9-23(7-6-12(15)21)8-13(24)22-14-10(16(18,19)20)4-3-5-11(14)17/h3-5,12H,6-9,21H2,1-2H3,(H,22,24). The van der Waals surface area contributed by atoms with E-state index in [-0.39, 0.29) is 23.0 Å². The van der Waals surface area contributed by atoms with E-state index in [9.17, 15) is 18.0 Å². The van der Waals surface area contributed by atoms with E-state index in [0.717, 1.165) is 12.5 Å². The zero-order valence-corrected chi connectivity index (χ0v) is 14.3. The van der Waals surface area contributed by atoms with Gasteiger partial charge in [-0.05, 0) is 24.0 Å². The number of piperidine rings is 1. The second-order valence-electron chi connectivity index (χ2n) is 6.80. The van der Waals surface area contributed by atoms with Gasteiger partial charge < -0.3 is 11.1 Å². The highest BCUT2D eigenvalue weighted by Gasteiger charge is 2.36. The molecule has 0 radical (unpaired) electrons. The summed E-state index contributed by atoms with van der Waals surface area (Å²) in [4.78, 5) is 14.1. The lowest BCUT2D eigenvalue weighted by Gasteiger charge is -2.42. The van der Waals surface area contributed by atoms with Crippen LogP contribution in [0.2, 0.25) is 5.02 Å². The third-order valence-corrected chi connectivity index (χ3v) is 4.66. The van der Waals surface area contributed by atoms with Crippen LogP contribution in [0.3, 0.4) is 0 Å². The number of halogens is 4. The summed E-state index contributed by atoms with van der Waals surface area (Å²) in [7, 11) is 0. The molecule has 8 heteroatoms. The number of nitrogens with one attached hydrogen (secondary N) is 1. The number of para-hydroxylation sites is 1. The van der Waals surface area contributed by atoms with E-state index in [1.54, 1.807) is 0 Å². The second-order valence-corrected chi connectivity index (χ2v) is 7.21. The predicted octanol–water partition coefficient (Wildman–Crippen LogP) is 3.36. The van der Waals surface area contributed by atoms with Crippen LogP contribution in [0.4, 0.5) is 18.9 Å². The smallest absolute Gasteiger partial charge is 0.327 e. The molecule has 1 unspecified atom stereocenters. The van der Waals surface area contributed by atoms with E-state index < -0.39 is 23.3 Å². The molecule has 1 aromatic rings. The number of rotatable bonds is 3. The van der Waals surface area contributed by atoms with Crippen molar-refractivity contribution in [2.24, 2.45) is 11.1 Å². The number of carbonyl (C=O) groups is 1. The van der Waals surface area contributed by atoms with Gasteiger partial charge >= 0.3 is 6.18 Å². The Morgan fingerprint density at radius 3 is 2.71 bits per heavy atom. The van der Waals surface area contributed by atoms with Gasteiger partial charge in [-0.1, -0.05) is 31.5 Å². The summed E-state index contributed by atoms with van der Waals surface area (Å²) in [5.74, 6) is -0.528. The van der Waals surface area contributed by atoms with Gasteiger partial charge in [0.2, 0.25) is 5.91 Å². The molecule has 1 fully saturated rings. The van der Waals surface area contributed by atoms with Gasteiger partial charge in [0.15, 0.2) is 0 Å². The largest absolute Gasteiger partial charge is 0.418 e. The number of hydrogen-bond acceptors (Lipinski definition) is 3. The maximum atomic E-state index is 13.0. The van der Waals surface area contributed by atoms with Crippen LogP contribution in [0.25, 0.3) is 0 Å². The van der Waals surface area contributed by atoms with Crippen molar-refractivity contribution in [3.63, 3.8) is 0 Å². The van der Waals surface area contributed by atoms with Crippen LogP contribution in [0.5, 0.6) is 0 Å². The minimum atomic E-state index is -4.59. The van der Waals surface area contributed by atoms with E-state index >= 15 is 0 Å². The number of benzene rings is 1. The highest BCUT2D eigenvalue weighted by atomic mass is 35.5. The van der Waals surface area contributed by atoms with Gasteiger partial charge in [-0.2, -0.15) is 13.2 Å². The summed E-state index contributed by atoms with van der Waals surface area (Å²) in [6, 6.07) is 3.45. The second kappa shape index (κ2) is 6.90. The van der Waals surface area contributed by atoms with Crippen LogP contribution >= 0.6 is 11.6 Å². The van der Waals surface area contributed by atoms with Crippen molar-refractivity contribution in [3.8, 4) is 0 Å². The number of hydrogen-bond donors (Lipinski definition) is 2. The molecule has 0 aliphatic carbocycles. The summed E-state index contributed by atoms with van der Waals surface area (Å²) < 4.78 is 39.1. The first kappa shape index (κ1) is 19.0. The van der Waals surface area contributed by atoms with E-state index in [4.69, 9.17) is 17.3 Å². The average molecular weight is 364 g/mol. The number of likely N-dealkylation sites (tertiary alicyclic amines) is 1. The maximum absolute atomic E-state index is 13.0. The third kappa shape index (κ3) is 4.40. The van der Waals surface area contributed by atoms with Crippen LogP contribution < -0.4 is 11.1 Å². The molecular formula is C16H21ClF3N3O. The highest BCUT2D eigenvalue weighted by molar-refractivity contribution is 6.34. The fraction of sp³-hybridized carbons (Fsp3) is 0.562. The molecular weight excluding hydrogens is 343 g/mol. The van der Waals surface area contributed by atoms with Crippen molar-refractivity contribution < 1.29 is 18.0 Å². The van der Waals surface area contributed by atoms with Crippen molar-refractivity contribution in [2.75, 3.05) is 25.0 Å². The van der Waals surface area contributed by atoms with Gasteiger partial charge in [-0.15, -0.1) is 0 Å². The molecule has 1 saturated heterocycles. The van der Waals surface area contributed by atoms with E-state index in [0.29, 0.717) is 13.1 Å².